The molecule has 0 bridgehead atoms. The third-order valence-electron chi connectivity index (χ3n) is 3.11. The first-order valence-electron chi connectivity index (χ1n) is 6.19. The van der Waals surface area contributed by atoms with Crippen LogP contribution in [0.15, 0.2) is 18.2 Å². The molecule has 0 saturated carbocycles. The summed E-state index contributed by atoms with van der Waals surface area (Å²) < 4.78 is 5.26. The molecule has 6 nitrogen and oxygen atoms in total. The van der Waals surface area contributed by atoms with Crippen LogP contribution in [0.4, 0.5) is 5.69 Å². The first kappa shape index (κ1) is 14.6. The lowest BCUT2D eigenvalue weighted by Gasteiger charge is -2.34. The molecule has 1 heterocycles. The van der Waals surface area contributed by atoms with Crippen molar-refractivity contribution in [2.24, 2.45) is 0 Å². The van der Waals surface area contributed by atoms with Crippen molar-refractivity contribution in [3.8, 4) is 0 Å². The van der Waals surface area contributed by atoms with Crippen LogP contribution < -0.4 is 11.1 Å². The third kappa shape index (κ3) is 3.02. The molecule has 2 amide bonds. The number of benzene rings is 1. The highest BCUT2D eigenvalue weighted by atomic mass is 35.5. The van der Waals surface area contributed by atoms with Gasteiger partial charge in [0.2, 0.25) is 5.91 Å². The van der Waals surface area contributed by atoms with Crippen molar-refractivity contribution in [3.05, 3.63) is 28.8 Å². The minimum absolute atomic E-state index is 0.182. The van der Waals surface area contributed by atoms with E-state index in [4.69, 9.17) is 22.1 Å². The number of likely N-dealkylation sites (N-methyl/N-ethyl adjacent to an activating group) is 1. The van der Waals surface area contributed by atoms with Gasteiger partial charge in [0, 0.05) is 29.9 Å². The Morgan fingerprint density at radius 1 is 1.45 bits per heavy atom. The zero-order chi connectivity index (χ0) is 14.7. The standard InChI is InChI=1S/C13H16ClN3O3/c1-16-12(18)11-7-20-3-2-17(11)13(19)8-4-9(14)6-10(15)5-8/h4-6,11H,2-3,7,15H2,1H3,(H,16,18). The molecule has 1 aliphatic heterocycles. The lowest BCUT2D eigenvalue weighted by atomic mass is 10.1. The van der Waals surface area contributed by atoms with Gasteiger partial charge in [0.25, 0.3) is 5.91 Å². The van der Waals surface area contributed by atoms with Crippen molar-refractivity contribution in [2.75, 3.05) is 32.5 Å². The molecule has 2 rings (SSSR count). The number of nitrogens with two attached hydrogens (primary N) is 1. The van der Waals surface area contributed by atoms with Crippen LogP contribution in [0.5, 0.6) is 0 Å². The van der Waals surface area contributed by atoms with E-state index >= 15 is 0 Å². The van der Waals surface area contributed by atoms with Crippen LogP contribution in [0.3, 0.4) is 0 Å². The molecule has 1 fully saturated rings. The topological polar surface area (TPSA) is 84.7 Å². The molecule has 7 heteroatoms. The summed E-state index contributed by atoms with van der Waals surface area (Å²) in [5, 5.41) is 2.92. The second kappa shape index (κ2) is 6.11. The van der Waals surface area contributed by atoms with Gasteiger partial charge >= 0.3 is 0 Å². The summed E-state index contributed by atoms with van der Waals surface area (Å²) in [7, 11) is 1.52. The summed E-state index contributed by atoms with van der Waals surface area (Å²) in [4.78, 5) is 25.8. The van der Waals surface area contributed by atoms with Gasteiger partial charge in [-0.1, -0.05) is 11.6 Å². The Morgan fingerprint density at radius 3 is 2.85 bits per heavy atom. The average molecular weight is 298 g/mol. The zero-order valence-electron chi connectivity index (χ0n) is 11.1. The monoisotopic (exact) mass is 297 g/mol. The molecule has 0 aromatic heterocycles. The highest BCUT2D eigenvalue weighted by Crippen LogP contribution is 2.20. The van der Waals surface area contributed by atoms with E-state index in [2.05, 4.69) is 5.32 Å². The van der Waals surface area contributed by atoms with E-state index in [-0.39, 0.29) is 18.4 Å². The van der Waals surface area contributed by atoms with E-state index in [1.165, 1.54) is 18.0 Å². The van der Waals surface area contributed by atoms with Crippen molar-refractivity contribution >= 4 is 29.1 Å². The Bertz CT molecular complexity index is 515. The fourth-order valence-corrected chi connectivity index (χ4v) is 2.38. The summed E-state index contributed by atoms with van der Waals surface area (Å²) in [5.41, 5.74) is 6.46. The smallest absolute Gasteiger partial charge is 0.254 e. The van der Waals surface area contributed by atoms with E-state index in [1.54, 1.807) is 12.1 Å². The Balaban J connectivity index is 2.27. The van der Waals surface area contributed by atoms with Crippen LogP contribution in [-0.4, -0.2) is 49.6 Å². The van der Waals surface area contributed by atoms with Crippen LogP contribution in [0, 0.1) is 0 Å². The summed E-state index contributed by atoms with van der Waals surface area (Å²) >= 11 is 5.90. The van der Waals surface area contributed by atoms with Gasteiger partial charge in [0.1, 0.15) is 6.04 Å². The maximum Gasteiger partial charge on any atom is 0.254 e. The first-order chi connectivity index (χ1) is 9.52. The second-order valence-corrected chi connectivity index (χ2v) is 4.91. The van der Waals surface area contributed by atoms with Gasteiger partial charge in [-0.3, -0.25) is 9.59 Å². The fourth-order valence-electron chi connectivity index (χ4n) is 2.13. The number of halogens is 1. The number of nitrogens with zero attached hydrogens (tertiary/aromatic N) is 1. The van der Waals surface area contributed by atoms with Gasteiger partial charge in [0.15, 0.2) is 0 Å². The van der Waals surface area contributed by atoms with Gasteiger partial charge in [-0.2, -0.15) is 0 Å². The number of carbonyl (C=O) groups excluding carboxylic acids is 2. The Labute approximate surface area is 121 Å². The Morgan fingerprint density at radius 2 is 2.20 bits per heavy atom. The minimum Gasteiger partial charge on any atom is -0.399 e. The predicted octanol–water partition coefficient (Wildman–Crippen LogP) is 0.509. The molecule has 1 aromatic carbocycles. The van der Waals surface area contributed by atoms with E-state index in [0.29, 0.717) is 29.4 Å². The van der Waals surface area contributed by atoms with Crippen molar-refractivity contribution in [1.82, 2.24) is 10.2 Å². The second-order valence-electron chi connectivity index (χ2n) is 4.48. The average Bonchev–Trinajstić information content (AvgIpc) is 2.44. The van der Waals surface area contributed by atoms with Crippen LogP contribution in [-0.2, 0) is 9.53 Å². The normalized spacial score (nSPS) is 18.7. The summed E-state index contributed by atoms with van der Waals surface area (Å²) in [5.74, 6) is -0.538. The maximum absolute atomic E-state index is 12.5. The van der Waals surface area contributed by atoms with Crippen LogP contribution >= 0.6 is 11.6 Å². The number of ether oxygens (including phenoxy) is 1. The quantitative estimate of drug-likeness (QED) is 0.779. The number of morpholine rings is 1. The number of nitrogen functional groups attached to an aromatic ring is 1. The molecular weight excluding hydrogens is 282 g/mol. The summed E-state index contributed by atoms with van der Waals surface area (Å²) in [6, 6.07) is 4.01. The SMILES string of the molecule is CNC(=O)C1COCCN1C(=O)c1cc(N)cc(Cl)c1. The number of rotatable bonds is 2. The van der Waals surface area contributed by atoms with Crippen LogP contribution in [0.1, 0.15) is 10.4 Å². The van der Waals surface area contributed by atoms with Crippen molar-refractivity contribution < 1.29 is 14.3 Å². The van der Waals surface area contributed by atoms with E-state index < -0.39 is 6.04 Å². The zero-order valence-corrected chi connectivity index (χ0v) is 11.8. The van der Waals surface area contributed by atoms with Crippen molar-refractivity contribution in [1.29, 1.82) is 0 Å². The number of nitrogens with one attached hydrogen (secondary N) is 1. The van der Waals surface area contributed by atoms with Gasteiger partial charge in [-0.05, 0) is 18.2 Å². The highest BCUT2D eigenvalue weighted by Gasteiger charge is 2.32. The van der Waals surface area contributed by atoms with Crippen LogP contribution in [0.2, 0.25) is 5.02 Å². The Hall–Kier alpha value is -1.79. The van der Waals surface area contributed by atoms with Crippen LogP contribution in [0.25, 0.3) is 0 Å². The van der Waals surface area contributed by atoms with Gasteiger partial charge < -0.3 is 20.7 Å². The van der Waals surface area contributed by atoms with E-state index in [1.807, 2.05) is 0 Å². The molecule has 0 radical (unpaired) electrons. The number of amides is 2. The molecule has 108 valence electrons. The minimum atomic E-state index is -0.638. The first-order valence-corrected chi connectivity index (χ1v) is 6.57. The molecule has 1 aromatic rings. The molecule has 1 saturated heterocycles. The predicted molar refractivity (Wildman–Crippen MR) is 75.6 cm³/mol. The highest BCUT2D eigenvalue weighted by molar-refractivity contribution is 6.31. The molecule has 1 unspecified atom stereocenters. The molecule has 20 heavy (non-hydrogen) atoms. The molecule has 0 aliphatic carbocycles. The molecule has 1 aliphatic rings. The number of anilines is 1. The molecule has 0 spiro atoms. The largest absolute Gasteiger partial charge is 0.399 e. The number of hydrogen-bond donors (Lipinski definition) is 2. The third-order valence-corrected chi connectivity index (χ3v) is 3.32. The Kier molecular flexibility index (Phi) is 4.46. The summed E-state index contributed by atoms with van der Waals surface area (Å²) in [6.45, 7) is 0.931. The lowest BCUT2D eigenvalue weighted by molar-refractivity contribution is -0.130. The van der Waals surface area contributed by atoms with Gasteiger partial charge in [-0.25, -0.2) is 0 Å². The van der Waals surface area contributed by atoms with Crippen molar-refractivity contribution in [3.63, 3.8) is 0 Å². The fraction of sp³-hybridized carbons (Fsp3) is 0.385. The maximum atomic E-state index is 12.5. The molecule has 1 atom stereocenters. The number of carbonyl (C=O) groups is 2. The van der Waals surface area contributed by atoms with Crippen molar-refractivity contribution in [2.45, 2.75) is 6.04 Å². The molecular formula is C13H16ClN3O3. The van der Waals surface area contributed by atoms with E-state index in [9.17, 15) is 9.59 Å². The lowest BCUT2D eigenvalue weighted by Crippen LogP contribution is -2.55. The van der Waals surface area contributed by atoms with Gasteiger partial charge in [0.05, 0.1) is 13.2 Å². The molecule has 3 N–H and O–H groups in total. The number of hydrogen-bond acceptors (Lipinski definition) is 4. The van der Waals surface area contributed by atoms with Gasteiger partial charge in [-0.15, -0.1) is 0 Å². The summed E-state index contributed by atoms with van der Waals surface area (Å²) in [6.07, 6.45) is 0. The van der Waals surface area contributed by atoms with E-state index in [0.717, 1.165) is 0 Å².